The zero-order valence-electron chi connectivity index (χ0n) is 17.7. The van der Waals surface area contributed by atoms with Gasteiger partial charge in [-0.1, -0.05) is 12.1 Å². The lowest BCUT2D eigenvalue weighted by atomic mass is 9.98. The number of nitrogen functional groups attached to an aromatic ring is 1. The number of fused-ring (bicyclic) bond motifs is 2. The minimum absolute atomic E-state index is 0.00829. The Kier molecular flexibility index (Phi) is 6.07. The first-order valence-electron chi connectivity index (χ1n) is 10.1. The van der Waals surface area contributed by atoms with Crippen LogP contribution in [0.3, 0.4) is 0 Å². The van der Waals surface area contributed by atoms with Crippen LogP contribution in [0.1, 0.15) is 23.6 Å². The summed E-state index contributed by atoms with van der Waals surface area (Å²) < 4.78 is 0. The molecule has 1 aliphatic rings. The van der Waals surface area contributed by atoms with E-state index in [0.717, 1.165) is 40.3 Å². The largest absolute Gasteiger partial charge is 0.481 e. The number of nitrogens with one attached hydrogen (secondary N) is 2. The van der Waals surface area contributed by atoms with Crippen LogP contribution in [0.5, 0.6) is 0 Å². The van der Waals surface area contributed by atoms with E-state index in [-0.39, 0.29) is 18.2 Å². The van der Waals surface area contributed by atoms with E-state index in [1.54, 1.807) is 18.6 Å². The summed E-state index contributed by atoms with van der Waals surface area (Å²) in [5.41, 5.74) is 11.6. The second-order valence-electron chi connectivity index (χ2n) is 7.33. The molecule has 166 valence electrons. The van der Waals surface area contributed by atoms with Crippen molar-refractivity contribution < 1.29 is 14.7 Å². The number of aromatic nitrogens is 4. The summed E-state index contributed by atoms with van der Waals surface area (Å²) in [4.78, 5) is 41.7. The lowest BCUT2D eigenvalue weighted by Gasteiger charge is -2.09. The summed E-state index contributed by atoms with van der Waals surface area (Å²) in [6, 6.07) is 13.4. The number of Topliss-reactive ketones (excluding diaryl/α,β-unsaturated/α-hetero) is 1. The normalized spacial score (nSPS) is 11.8. The molecule has 0 radical (unpaired) electrons. The number of aliphatic carboxylic acids is 1. The Morgan fingerprint density at radius 3 is 2.76 bits per heavy atom. The van der Waals surface area contributed by atoms with Crippen molar-refractivity contribution in [3.05, 3.63) is 71.7 Å². The lowest BCUT2D eigenvalue weighted by molar-refractivity contribution is -0.134. The maximum Gasteiger partial charge on any atom is 0.300 e. The van der Waals surface area contributed by atoms with Crippen LogP contribution in [-0.4, -0.2) is 42.5 Å². The van der Waals surface area contributed by atoms with Gasteiger partial charge in [0.1, 0.15) is 11.5 Å². The van der Waals surface area contributed by atoms with Gasteiger partial charge in [-0.15, -0.1) is 0 Å². The number of H-pyrrole nitrogens is 1. The highest BCUT2D eigenvalue weighted by Gasteiger charge is 2.23. The number of carboxylic acids is 1. The molecule has 0 atom stereocenters. The molecule has 4 aromatic rings. The Labute approximate surface area is 188 Å². The predicted molar refractivity (Wildman–Crippen MR) is 125 cm³/mol. The number of anilines is 3. The molecular weight excluding hydrogens is 422 g/mol. The molecule has 0 spiro atoms. The molecule has 10 heteroatoms. The van der Waals surface area contributed by atoms with Crippen molar-refractivity contribution >= 4 is 46.0 Å². The highest BCUT2D eigenvalue weighted by atomic mass is 16.4. The summed E-state index contributed by atoms with van der Waals surface area (Å²) in [6.45, 7) is 1.59. The summed E-state index contributed by atoms with van der Waals surface area (Å²) in [5, 5.41) is 10.6. The monoisotopic (exact) mass is 443 g/mol. The number of hydrogen-bond donors (Lipinski definition) is 4. The first-order valence-corrected chi connectivity index (χ1v) is 10.1. The number of carboxylic acid groups (broad SMARTS) is 1. The number of benzene rings is 2. The molecule has 2 aromatic heterocycles. The molecule has 0 unspecified atom stereocenters. The van der Waals surface area contributed by atoms with E-state index in [0.29, 0.717) is 18.1 Å². The molecule has 5 N–H and O–H groups in total. The van der Waals surface area contributed by atoms with E-state index in [1.165, 1.54) is 0 Å². The van der Waals surface area contributed by atoms with Crippen molar-refractivity contribution in [2.75, 3.05) is 11.1 Å². The summed E-state index contributed by atoms with van der Waals surface area (Å²) in [5.74, 6) is -0.0537. The second-order valence-corrected chi connectivity index (χ2v) is 7.33. The van der Waals surface area contributed by atoms with Gasteiger partial charge in [0.15, 0.2) is 5.78 Å². The van der Waals surface area contributed by atoms with Gasteiger partial charge in [-0.25, -0.2) is 9.97 Å². The quantitative estimate of drug-likeness (QED) is 0.366. The molecule has 0 saturated heterocycles. The predicted octanol–water partition coefficient (Wildman–Crippen LogP) is 2.88. The van der Waals surface area contributed by atoms with Crippen LogP contribution in [0.15, 0.2) is 60.0 Å². The number of aromatic amines is 1. The molecule has 5 rings (SSSR count). The maximum atomic E-state index is 13.0. The van der Waals surface area contributed by atoms with Crippen molar-refractivity contribution in [1.29, 1.82) is 0 Å². The number of nitrogens with two attached hydrogens (primary N) is 1. The van der Waals surface area contributed by atoms with E-state index < -0.39 is 5.97 Å². The van der Waals surface area contributed by atoms with Crippen molar-refractivity contribution in [2.24, 2.45) is 4.99 Å². The molecule has 0 amide bonds. The van der Waals surface area contributed by atoms with E-state index in [9.17, 15) is 4.79 Å². The third kappa shape index (κ3) is 5.18. The topological polar surface area (TPSA) is 159 Å². The smallest absolute Gasteiger partial charge is 0.300 e. The number of carbonyl (C=O) groups excluding carboxylic acids is 1. The van der Waals surface area contributed by atoms with Crippen molar-refractivity contribution in [2.45, 2.75) is 19.9 Å². The fourth-order valence-corrected chi connectivity index (χ4v) is 3.45. The van der Waals surface area contributed by atoms with Crippen LogP contribution < -0.4 is 11.1 Å². The standard InChI is InChI=1S/C21H17N7O.C2H4O2/c22-21-23-6-5-19(28-21)27-14-3-2-13-10-24-20(15(13)9-14)18(29)8-12-1-4-16-17(7-12)26-11-25-16;1-2(3)4/h1-7,9,11H,8,10H2,(H,25,26)(H3,22,23,27,28);1H3,(H,3,4). The average Bonchev–Trinajstić information content (AvgIpc) is 3.39. The van der Waals surface area contributed by atoms with Crippen molar-refractivity contribution in [3.63, 3.8) is 0 Å². The third-order valence-electron chi connectivity index (χ3n) is 4.83. The van der Waals surface area contributed by atoms with Gasteiger partial charge in [0.25, 0.3) is 5.97 Å². The molecule has 3 heterocycles. The maximum absolute atomic E-state index is 13.0. The zero-order chi connectivity index (χ0) is 23.4. The molecule has 1 aliphatic heterocycles. The number of hydrogen-bond acceptors (Lipinski definition) is 8. The number of ketones is 1. The van der Waals surface area contributed by atoms with Gasteiger partial charge < -0.3 is 21.1 Å². The highest BCUT2D eigenvalue weighted by molar-refractivity contribution is 6.47. The third-order valence-corrected chi connectivity index (χ3v) is 4.83. The van der Waals surface area contributed by atoms with Gasteiger partial charge in [-0.05, 0) is 41.5 Å². The van der Waals surface area contributed by atoms with Crippen LogP contribution in [-0.2, 0) is 22.6 Å². The lowest BCUT2D eigenvalue weighted by Crippen LogP contribution is -2.16. The number of aliphatic imine (C=N–C) groups is 1. The highest BCUT2D eigenvalue weighted by Crippen LogP contribution is 2.26. The van der Waals surface area contributed by atoms with E-state index in [1.807, 2.05) is 36.4 Å². The van der Waals surface area contributed by atoms with E-state index in [4.69, 9.17) is 15.6 Å². The Morgan fingerprint density at radius 1 is 1.15 bits per heavy atom. The first-order chi connectivity index (χ1) is 15.9. The molecule has 33 heavy (non-hydrogen) atoms. The minimum atomic E-state index is -0.833. The molecule has 0 bridgehead atoms. The molecule has 2 aromatic carbocycles. The minimum Gasteiger partial charge on any atom is -0.481 e. The van der Waals surface area contributed by atoms with Gasteiger partial charge in [0, 0.05) is 30.8 Å². The second kappa shape index (κ2) is 9.27. The van der Waals surface area contributed by atoms with Gasteiger partial charge in [0.05, 0.1) is 23.9 Å². The van der Waals surface area contributed by atoms with Gasteiger partial charge in [-0.3, -0.25) is 14.6 Å². The molecular formula is C23H21N7O3. The van der Waals surface area contributed by atoms with Crippen molar-refractivity contribution in [1.82, 2.24) is 19.9 Å². The molecule has 0 fully saturated rings. The van der Waals surface area contributed by atoms with Crippen LogP contribution in [0.25, 0.3) is 11.0 Å². The summed E-state index contributed by atoms with van der Waals surface area (Å²) in [7, 11) is 0. The summed E-state index contributed by atoms with van der Waals surface area (Å²) in [6.07, 6.45) is 3.52. The van der Waals surface area contributed by atoms with Gasteiger partial charge in [-0.2, -0.15) is 4.98 Å². The number of imidazole rings is 1. The molecule has 0 saturated carbocycles. The van der Waals surface area contributed by atoms with Crippen LogP contribution in [0.2, 0.25) is 0 Å². The fourth-order valence-electron chi connectivity index (χ4n) is 3.45. The first kappa shape index (κ1) is 21.6. The average molecular weight is 443 g/mol. The van der Waals surface area contributed by atoms with Crippen molar-refractivity contribution in [3.8, 4) is 0 Å². The fraction of sp³-hybridized carbons (Fsp3) is 0.130. The number of nitrogens with zero attached hydrogens (tertiary/aromatic N) is 4. The molecule has 0 aliphatic carbocycles. The van der Waals surface area contributed by atoms with Crippen LogP contribution in [0, 0.1) is 0 Å². The Morgan fingerprint density at radius 2 is 1.97 bits per heavy atom. The Balaban J connectivity index is 0.000000601. The number of rotatable bonds is 5. The van der Waals surface area contributed by atoms with E-state index >= 15 is 0 Å². The van der Waals surface area contributed by atoms with Gasteiger partial charge >= 0.3 is 0 Å². The number of carbonyl (C=O) groups is 2. The Bertz CT molecular complexity index is 1370. The SMILES string of the molecule is CC(=O)O.Nc1nccc(Nc2ccc3c(c2)C(C(=O)Cc2ccc4nc[nH]c4c2)=NC3)n1. The van der Waals surface area contributed by atoms with Crippen LogP contribution in [0.4, 0.5) is 17.5 Å². The Hall–Kier alpha value is -4.60. The van der Waals surface area contributed by atoms with E-state index in [2.05, 4.69) is 30.2 Å². The molecule has 10 nitrogen and oxygen atoms in total. The zero-order valence-corrected chi connectivity index (χ0v) is 17.7. The van der Waals surface area contributed by atoms with Crippen LogP contribution >= 0.6 is 0 Å². The van der Waals surface area contributed by atoms with Gasteiger partial charge in [0.2, 0.25) is 5.95 Å². The summed E-state index contributed by atoms with van der Waals surface area (Å²) >= 11 is 0.